The second-order valence-corrected chi connectivity index (χ2v) is 8.18. The molecular weight excluding hydrogens is 318 g/mol. The lowest BCUT2D eigenvalue weighted by molar-refractivity contribution is -0.145. The minimum atomic E-state index is 0.112. The lowest BCUT2D eigenvalue weighted by Gasteiger charge is -2.52. The maximum absolute atomic E-state index is 12.2. The predicted octanol–water partition coefficient (Wildman–Crippen LogP) is 1.25. The molecule has 3 saturated heterocycles. The van der Waals surface area contributed by atoms with Gasteiger partial charge >= 0.3 is 0 Å². The molecular formula is C19H33N3O3. The van der Waals surface area contributed by atoms with Crippen LogP contribution in [0.3, 0.4) is 0 Å². The summed E-state index contributed by atoms with van der Waals surface area (Å²) in [5.74, 6) is 1.54. The number of hydrogen-bond acceptors (Lipinski definition) is 4. The summed E-state index contributed by atoms with van der Waals surface area (Å²) in [6.07, 6.45) is 5.21. The Balaban J connectivity index is 1.41. The summed E-state index contributed by atoms with van der Waals surface area (Å²) >= 11 is 0. The van der Waals surface area contributed by atoms with Crippen LogP contribution in [0.15, 0.2) is 0 Å². The summed E-state index contributed by atoms with van der Waals surface area (Å²) in [5, 5.41) is 3.01. The smallest absolute Gasteiger partial charge is 0.234 e. The second-order valence-electron chi connectivity index (χ2n) is 8.18. The summed E-state index contributed by atoms with van der Waals surface area (Å²) in [6, 6.07) is 0.413. The van der Waals surface area contributed by atoms with Gasteiger partial charge in [0, 0.05) is 45.2 Å². The molecule has 0 radical (unpaired) electrons. The van der Waals surface area contributed by atoms with E-state index in [4.69, 9.17) is 4.74 Å². The third-order valence-corrected chi connectivity index (χ3v) is 5.72. The molecule has 3 rings (SSSR count). The number of hydrogen-bond donors (Lipinski definition) is 1. The van der Waals surface area contributed by atoms with Gasteiger partial charge in [-0.15, -0.1) is 0 Å². The number of carbonyl (C=O) groups is 2. The molecule has 3 heterocycles. The van der Waals surface area contributed by atoms with Gasteiger partial charge in [-0.3, -0.25) is 14.5 Å². The van der Waals surface area contributed by atoms with Crippen molar-refractivity contribution in [2.45, 2.75) is 58.1 Å². The van der Waals surface area contributed by atoms with Crippen molar-refractivity contribution in [3.8, 4) is 0 Å². The second kappa shape index (κ2) is 8.49. The van der Waals surface area contributed by atoms with E-state index in [1.807, 2.05) is 13.8 Å². The highest BCUT2D eigenvalue weighted by atomic mass is 16.5. The number of fused-ring (bicyclic) bond motifs is 4. The van der Waals surface area contributed by atoms with Crippen LogP contribution in [0.5, 0.6) is 0 Å². The molecule has 3 fully saturated rings. The standard InChI is InChI=1S/C19H33N3O3/c1-14(2)25-8-4-7-20-18(23)13-21-10-15-9-16(12-21)17-5-3-6-19(24)22(17)11-15/h14-17H,3-13H2,1-2H3,(H,20,23)/t15?,16?,17-/m1/s1. The van der Waals surface area contributed by atoms with E-state index < -0.39 is 0 Å². The number of rotatable bonds is 7. The van der Waals surface area contributed by atoms with Crippen molar-refractivity contribution in [2.75, 3.05) is 39.3 Å². The Morgan fingerprint density at radius 2 is 2.16 bits per heavy atom. The van der Waals surface area contributed by atoms with Crippen LogP contribution >= 0.6 is 0 Å². The first-order chi connectivity index (χ1) is 12.0. The fourth-order valence-corrected chi connectivity index (χ4v) is 4.72. The number of amides is 2. The molecule has 0 aromatic rings. The molecule has 142 valence electrons. The Morgan fingerprint density at radius 1 is 1.32 bits per heavy atom. The topological polar surface area (TPSA) is 61.9 Å². The van der Waals surface area contributed by atoms with Gasteiger partial charge in [-0.2, -0.15) is 0 Å². The average molecular weight is 351 g/mol. The minimum Gasteiger partial charge on any atom is -0.379 e. The van der Waals surface area contributed by atoms with Crippen LogP contribution in [0.25, 0.3) is 0 Å². The van der Waals surface area contributed by atoms with Crippen molar-refractivity contribution in [3.05, 3.63) is 0 Å². The summed E-state index contributed by atoms with van der Waals surface area (Å²) in [6.45, 7) is 8.68. The SMILES string of the molecule is CC(C)OCCCNC(=O)CN1CC2CC(C1)[C@H]1CCCC(=O)N1C2. The first-order valence-corrected chi connectivity index (χ1v) is 9.93. The van der Waals surface area contributed by atoms with E-state index in [9.17, 15) is 9.59 Å². The molecule has 3 aliphatic rings. The van der Waals surface area contributed by atoms with E-state index in [2.05, 4.69) is 15.1 Å². The zero-order valence-electron chi connectivity index (χ0n) is 15.7. The summed E-state index contributed by atoms with van der Waals surface area (Å²) in [7, 11) is 0. The van der Waals surface area contributed by atoms with Crippen LogP contribution < -0.4 is 5.32 Å². The molecule has 0 aromatic carbocycles. The largest absolute Gasteiger partial charge is 0.379 e. The van der Waals surface area contributed by atoms with E-state index in [1.165, 1.54) is 6.42 Å². The van der Waals surface area contributed by atoms with Gasteiger partial charge in [0.2, 0.25) is 11.8 Å². The van der Waals surface area contributed by atoms with E-state index in [1.54, 1.807) is 0 Å². The number of nitrogens with one attached hydrogen (secondary N) is 1. The van der Waals surface area contributed by atoms with Gasteiger partial charge in [-0.05, 0) is 51.4 Å². The minimum absolute atomic E-state index is 0.112. The van der Waals surface area contributed by atoms with Gasteiger partial charge in [0.05, 0.1) is 12.6 Å². The van der Waals surface area contributed by atoms with Gasteiger partial charge in [0.1, 0.15) is 0 Å². The third-order valence-electron chi connectivity index (χ3n) is 5.72. The Labute approximate surface area is 151 Å². The van der Waals surface area contributed by atoms with Crippen molar-refractivity contribution >= 4 is 11.8 Å². The van der Waals surface area contributed by atoms with Crippen LogP contribution in [0.1, 0.15) is 46.0 Å². The predicted molar refractivity (Wildman–Crippen MR) is 96.1 cm³/mol. The maximum Gasteiger partial charge on any atom is 0.234 e. The Morgan fingerprint density at radius 3 is 2.96 bits per heavy atom. The Bertz CT molecular complexity index is 483. The van der Waals surface area contributed by atoms with Gasteiger partial charge in [0.15, 0.2) is 0 Å². The number of ether oxygens (including phenoxy) is 1. The van der Waals surface area contributed by atoms with Gasteiger partial charge in [0.25, 0.3) is 0 Å². The molecule has 2 bridgehead atoms. The molecule has 2 unspecified atom stereocenters. The van der Waals surface area contributed by atoms with Crippen LogP contribution in [-0.2, 0) is 14.3 Å². The monoisotopic (exact) mass is 351 g/mol. The van der Waals surface area contributed by atoms with Crippen LogP contribution in [-0.4, -0.2) is 73.1 Å². The fraction of sp³-hybridized carbons (Fsp3) is 0.895. The van der Waals surface area contributed by atoms with Crippen molar-refractivity contribution < 1.29 is 14.3 Å². The van der Waals surface area contributed by atoms with Crippen molar-refractivity contribution in [3.63, 3.8) is 0 Å². The highest BCUT2D eigenvalue weighted by Gasteiger charge is 2.43. The average Bonchev–Trinajstić information content (AvgIpc) is 2.55. The molecule has 6 nitrogen and oxygen atoms in total. The maximum atomic E-state index is 12.2. The zero-order valence-corrected chi connectivity index (χ0v) is 15.7. The lowest BCUT2D eigenvalue weighted by atomic mass is 9.76. The van der Waals surface area contributed by atoms with Gasteiger partial charge < -0.3 is 15.0 Å². The molecule has 3 aliphatic heterocycles. The quantitative estimate of drug-likeness (QED) is 0.701. The van der Waals surface area contributed by atoms with E-state index >= 15 is 0 Å². The third kappa shape index (κ3) is 4.94. The van der Waals surface area contributed by atoms with Crippen molar-refractivity contribution in [2.24, 2.45) is 11.8 Å². The molecule has 3 atom stereocenters. The normalized spacial score (nSPS) is 29.6. The number of nitrogens with zero attached hydrogens (tertiary/aromatic N) is 2. The summed E-state index contributed by atoms with van der Waals surface area (Å²) in [4.78, 5) is 28.8. The number of piperidine rings is 3. The molecule has 0 saturated carbocycles. The molecule has 0 aromatic heterocycles. The molecule has 0 spiro atoms. The molecule has 1 N–H and O–H groups in total. The van der Waals surface area contributed by atoms with Crippen LogP contribution in [0.4, 0.5) is 0 Å². The summed E-state index contributed by atoms with van der Waals surface area (Å²) in [5.41, 5.74) is 0. The Hall–Kier alpha value is -1.14. The number of likely N-dealkylation sites (tertiary alicyclic amines) is 1. The fourth-order valence-electron chi connectivity index (χ4n) is 4.72. The van der Waals surface area contributed by atoms with Crippen molar-refractivity contribution in [1.82, 2.24) is 15.1 Å². The van der Waals surface area contributed by atoms with E-state index in [-0.39, 0.29) is 12.0 Å². The zero-order chi connectivity index (χ0) is 17.8. The van der Waals surface area contributed by atoms with Crippen LogP contribution in [0, 0.1) is 11.8 Å². The van der Waals surface area contributed by atoms with E-state index in [0.29, 0.717) is 43.5 Å². The highest BCUT2D eigenvalue weighted by Crippen LogP contribution is 2.37. The lowest BCUT2D eigenvalue weighted by Crippen LogP contribution is -2.61. The van der Waals surface area contributed by atoms with Crippen LogP contribution in [0.2, 0.25) is 0 Å². The first-order valence-electron chi connectivity index (χ1n) is 9.93. The molecule has 0 aliphatic carbocycles. The summed E-state index contributed by atoms with van der Waals surface area (Å²) < 4.78 is 5.49. The van der Waals surface area contributed by atoms with E-state index in [0.717, 1.165) is 45.3 Å². The molecule has 2 amide bonds. The molecule has 25 heavy (non-hydrogen) atoms. The number of carbonyl (C=O) groups excluding carboxylic acids is 2. The molecule has 6 heteroatoms. The van der Waals surface area contributed by atoms with Crippen molar-refractivity contribution in [1.29, 1.82) is 0 Å². The Kier molecular flexibility index (Phi) is 6.34. The first kappa shape index (κ1) is 18.6. The van der Waals surface area contributed by atoms with Gasteiger partial charge in [-0.1, -0.05) is 0 Å². The van der Waals surface area contributed by atoms with Gasteiger partial charge in [-0.25, -0.2) is 0 Å². The highest BCUT2D eigenvalue weighted by molar-refractivity contribution is 5.78.